The van der Waals surface area contributed by atoms with Crippen molar-refractivity contribution in [2.75, 3.05) is 25.0 Å². The van der Waals surface area contributed by atoms with Crippen LogP contribution in [0.25, 0.3) is 0 Å². The van der Waals surface area contributed by atoms with Crippen molar-refractivity contribution >= 4 is 36.4 Å². The second-order valence-electron chi connectivity index (χ2n) is 11.2. The van der Waals surface area contributed by atoms with Crippen LogP contribution in [0.2, 0.25) is 0 Å². The second kappa shape index (κ2) is 15.0. The van der Waals surface area contributed by atoms with Gasteiger partial charge in [-0.1, -0.05) is 26.0 Å². The average Bonchev–Trinajstić information content (AvgIpc) is 2.91. The molecule has 0 saturated carbocycles. The molecule has 0 radical (unpaired) electrons. The van der Waals surface area contributed by atoms with E-state index in [0.717, 1.165) is 0 Å². The van der Waals surface area contributed by atoms with Crippen molar-refractivity contribution in [1.82, 2.24) is 10.6 Å². The van der Waals surface area contributed by atoms with Gasteiger partial charge in [-0.25, -0.2) is 14.8 Å². The number of aliphatic imine (C=N–C) groups is 3. The Morgan fingerprint density at radius 3 is 2.09 bits per heavy atom. The van der Waals surface area contributed by atoms with Crippen LogP contribution >= 0.6 is 0 Å². The number of phenols is 1. The van der Waals surface area contributed by atoms with Crippen LogP contribution in [0.3, 0.4) is 0 Å². The topological polar surface area (TPSA) is 146 Å². The molecule has 2 aromatic carbocycles. The zero-order valence-corrected chi connectivity index (χ0v) is 24.7. The van der Waals surface area contributed by atoms with E-state index in [4.69, 9.17) is 9.47 Å². The summed E-state index contributed by atoms with van der Waals surface area (Å²) < 4.78 is 48.6. The molecular formula is C29H37F3N6O5. The van der Waals surface area contributed by atoms with E-state index in [1.165, 1.54) is 36.4 Å². The lowest BCUT2D eigenvalue weighted by molar-refractivity contribution is -0.156. The standard InChI is InChI=1S/C29H37F3N6O5/c1-27(2,3)43-26(41)36-17-28(4,5)16-35-23(40)20-9-11-21(12-10-20)37-25(42-18-29(30,31)32)38-24(33-6)34-15-19-7-13-22(39)14-8-19/h7-14,39H,6,15-18H2,1-5H3,(H,35,40)(H,36,41)(H,34,37,38). The van der Waals surface area contributed by atoms with Crippen LogP contribution in [-0.2, 0) is 16.0 Å². The van der Waals surface area contributed by atoms with Crippen molar-refractivity contribution in [1.29, 1.82) is 0 Å². The van der Waals surface area contributed by atoms with Gasteiger partial charge in [-0.05, 0) is 74.9 Å². The lowest BCUT2D eigenvalue weighted by Gasteiger charge is -2.26. The van der Waals surface area contributed by atoms with Crippen LogP contribution in [0.15, 0.2) is 63.5 Å². The number of hydrogen-bond acceptors (Lipinski definition) is 6. The first-order valence-electron chi connectivity index (χ1n) is 13.1. The summed E-state index contributed by atoms with van der Waals surface area (Å²) >= 11 is 0. The first-order chi connectivity index (χ1) is 19.9. The number of aromatic hydroxyl groups is 1. The van der Waals surface area contributed by atoms with E-state index >= 15 is 0 Å². The monoisotopic (exact) mass is 606 g/mol. The second-order valence-corrected chi connectivity index (χ2v) is 11.2. The Morgan fingerprint density at radius 1 is 0.930 bits per heavy atom. The third-order valence-corrected chi connectivity index (χ3v) is 5.29. The summed E-state index contributed by atoms with van der Waals surface area (Å²) in [5, 5.41) is 17.5. The molecule has 14 heteroatoms. The van der Waals surface area contributed by atoms with Crippen molar-refractivity contribution in [2.45, 2.75) is 52.9 Å². The van der Waals surface area contributed by atoms with Gasteiger partial charge in [-0.2, -0.15) is 18.2 Å². The first kappa shape index (κ1) is 34.6. The Kier molecular flexibility index (Phi) is 12.1. The molecule has 0 unspecified atom stereocenters. The molecule has 0 fully saturated rings. The van der Waals surface area contributed by atoms with Gasteiger partial charge < -0.3 is 30.5 Å². The van der Waals surface area contributed by atoms with Gasteiger partial charge in [0.25, 0.3) is 11.9 Å². The Balaban J connectivity index is 2.06. The number of benzene rings is 2. The molecule has 2 rings (SSSR count). The number of halogens is 3. The third kappa shape index (κ3) is 14.2. The van der Waals surface area contributed by atoms with E-state index in [-0.39, 0.29) is 37.0 Å². The molecule has 0 aliphatic heterocycles. The van der Waals surface area contributed by atoms with E-state index in [1.54, 1.807) is 32.9 Å². The van der Waals surface area contributed by atoms with E-state index in [0.29, 0.717) is 11.1 Å². The van der Waals surface area contributed by atoms with Crippen LogP contribution in [0.5, 0.6) is 5.75 Å². The lowest BCUT2D eigenvalue weighted by Crippen LogP contribution is -2.43. The maximum absolute atomic E-state index is 12.9. The van der Waals surface area contributed by atoms with E-state index in [9.17, 15) is 27.9 Å². The molecule has 0 aliphatic carbocycles. The number of hydrogen-bond donors (Lipinski definition) is 4. The molecule has 0 spiro atoms. The van der Waals surface area contributed by atoms with Crippen molar-refractivity contribution < 1.29 is 37.3 Å². The number of alkyl halides is 3. The molecular weight excluding hydrogens is 569 g/mol. The highest BCUT2D eigenvalue weighted by molar-refractivity contribution is 6.00. The molecule has 43 heavy (non-hydrogen) atoms. The van der Waals surface area contributed by atoms with Crippen molar-refractivity contribution in [3.05, 3.63) is 59.7 Å². The smallest absolute Gasteiger partial charge is 0.422 e. The number of amides is 2. The first-order valence-corrected chi connectivity index (χ1v) is 13.1. The highest BCUT2D eigenvalue weighted by Crippen LogP contribution is 2.17. The van der Waals surface area contributed by atoms with Crippen molar-refractivity contribution in [3.8, 4) is 5.75 Å². The number of anilines is 1. The summed E-state index contributed by atoms with van der Waals surface area (Å²) in [7, 11) is 0. The number of carbonyl (C=O) groups is 2. The predicted molar refractivity (Wildman–Crippen MR) is 159 cm³/mol. The van der Waals surface area contributed by atoms with Crippen molar-refractivity contribution in [3.63, 3.8) is 0 Å². The molecule has 0 heterocycles. The van der Waals surface area contributed by atoms with Crippen LogP contribution in [0.4, 0.5) is 23.7 Å². The molecule has 0 saturated heterocycles. The molecule has 234 valence electrons. The van der Waals surface area contributed by atoms with Crippen molar-refractivity contribution in [2.24, 2.45) is 20.4 Å². The van der Waals surface area contributed by atoms with Gasteiger partial charge in [0.2, 0.25) is 5.96 Å². The van der Waals surface area contributed by atoms with E-state index < -0.39 is 41.8 Å². The maximum Gasteiger partial charge on any atom is 0.422 e. The minimum absolute atomic E-state index is 0.0692. The zero-order chi connectivity index (χ0) is 32.3. The molecule has 0 aromatic heterocycles. The van der Waals surface area contributed by atoms with Gasteiger partial charge in [0, 0.05) is 24.3 Å². The summed E-state index contributed by atoms with van der Waals surface area (Å²) in [6, 6.07) is 11.5. The quantitative estimate of drug-likeness (QED) is 0.226. The summed E-state index contributed by atoms with van der Waals surface area (Å²) in [4.78, 5) is 36.3. The highest BCUT2D eigenvalue weighted by atomic mass is 19.4. The van der Waals surface area contributed by atoms with Gasteiger partial charge in [0.05, 0.1) is 6.54 Å². The number of amidine groups is 1. The maximum atomic E-state index is 12.9. The normalized spacial score (nSPS) is 12.7. The Hall–Kier alpha value is -4.62. The van der Waals surface area contributed by atoms with Gasteiger partial charge in [-0.15, -0.1) is 0 Å². The molecule has 4 N–H and O–H groups in total. The number of nitrogens with one attached hydrogen (secondary N) is 3. The highest BCUT2D eigenvalue weighted by Gasteiger charge is 2.29. The van der Waals surface area contributed by atoms with Crippen LogP contribution in [0, 0.1) is 5.41 Å². The minimum Gasteiger partial charge on any atom is -0.508 e. The number of nitrogens with zero attached hydrogens (tertiary/aromatic N) is 3. The fourth-order valence-electron chi connectivity index (χ4n) is 3.16. The van der Waals surface area contributed by atoms with Gasteiger partial charge in [-0.3, -0.25) is 4.79 Å². The Labute approximate surface area is 248 Å². The SMILES string of the molecule is C=NC(=NCc1ccc(O)cc1)/N=C(\Nc1ccc(C(=O)NCC(C)(C)CNC(=O)OC(C)(C)C)cc1)OCC(F)(F)F. The molecule has 11 nitrogen and oxygen atoms in total. The third-order valence-electron chi connectivity index (χ3n) is 5.29. The molecule has 2 amide bonds. The average molecular weight is 607 g/mol. The van der Waals surface area contributed by atoms with Gasteiger partial charge in [0.1, 0.15) is 11.4 Å². The van der Waals surface area contributed by atoms with Crippen LogP contribution < -0.4 is 16.0 Å². The zero-order valence-electron chi connectivity index (χ0n) is 24.7. The minimum atomic E-state index is -4.63. The van der Waals surface area contributed by atoms with Crippen LogP contribution in [0.1, 0.15) is 50.5 Å². The predicted octanol–water partition coefficient (Wildman–Crippen LogP) is 5.28. The summed E-state index contributed by atoms with van der Waals surface area (Å²) in [6.45, 7) is 11.3. The summed E-state index contributed by atoms with van der Waals surface area (Å²) in [5.41, 5.74) is 0.140. The van der Waals surface area contributed by atoms with E-state index in [1.807, 2.05) is 13.8 Å². The number of phenolic OH excluding ortho intramolecular Hbond substituents is 1. The van der Waals surface area contributed by atoms with Crippen LogP contribution in [-0.4, -0.2) is 67.3 Å². The number of guanidine groups is 1. The number of carbonyl (C=O) groups excluding carboxylic acids is 2. The molecule has 0 aliphatic rings. The number of rotatable bonds is 9. The molecule has 0 atom stereocenters. The van der Waals surface area contributed by atoms with Gasteiger partial charge in [0.15, 0.2) is 6.61 Å². The number of ether oxygens (including phenoxy) is 2. The molecule has 2 aromatic rings. The summed E-state index contributed by atoms with van der Waals surface area (Å²) in [6.07, 6.45) is -5.19. The number of alkyl carbamates (subject to hydrolysis) is 1. The van der Waals surface area contributed by atoms with E-state index in [2.05, 4.69) is 37.6 Å². The lowest BCUT2D eigenvalue weighted by atomic mass is 9.93. The largest absolute Gasteiger partial charge is 0.508 e. The molecule has 0 bridgehead atoms. The summed E-state index contributed by atoms with van der Waals surface area (Å²) in [5.74, 6) is -0.559. The fourth-order valence-corrected chi connectivity index (χ4v) is 3.16. The Bertz CT molecular complexity index is 1300. The van der Waals surface area contributed by atoms with Gasteiger partial charge >= 0.3 is 12.3 Å². The Morgan fingerprint density at radius 2 is 1.53 bits per heavy atom. The fraction of sp³-hybridized carbons (Fsp3) is 0.414.